The normalized spacial score (nSPS) is 21.7. The summed E-state index contributed by atoms with van der Waals surface area (Å²) in [5, 5.41) is 3.01. The van der Waals surface area contributed by atoms with Crippen molar-refractivity contribution in [3.8, 4) is 0 Å². The van der Waals surface area contributed by atoms with E-state index in [0.29, 0.717) is 19.2 Å². The molecule has 0 unspecified atom stereocenters. The molecular weight excluding hydrogens is 354 g/mol. The van der Waals surface area contributed by atoms with Gasteiger partial charge in [0.25, 0.3) is 0 Å². The van der Waals surface area contributed by atoms with E-state index in [1.54, 1.807) is 7.11 Å². The minimum atomic E-state index is 0.111. The first-order chi connectivity index (χ1) is 13.6. The molecule has 7 nitrogen and oxygen atoms in total. The van der Waals surface area contributed by atoms with Crippen LogP contribution in [0.4, 0.5) is 5.82 Å². The summed E-state index contributed by atoms with van der Waals surface area (Å²) >= 11 is 0. The van der Waals surface area contributed by atoms with Gasteiger partial charge in [-0.15, -0.1) is 0 Å². The summed E-state index contributed by atoms with van der Waals surface area (Å²) in [6.45, 7) is 9.34. The first-order valence-electron chi connectivity index (χ1n) is 10.7. The number of likely N-dealkylation sites (tertiary alicyclic amines) is 1. The number of aryl methyl sites for hydroxylation is 2. The third-order valence-corrected chi connectivity index (χ3v) is 6.05. The van der Waals surface area contributed by atoms with Gasteiger partial charge in [0.2, 0.25) is 5.91 Å². The Balaban J connectivity index is 1.53. The number of carbonyl (C=O) groups excluding carboxylic acids is 1. The second-order valence-corrected chi connectivity index (χ2v) is 7.96. The highest BCUT2D eigenvalue weighted by Gasteiger charge is 2.32. The molecule has 2 fully saturated rings. The Bertz CT molecular complexity index is 646. The molecule has 156 valence electrons. The number of hydrogen-bond donors (Lipinski definition) is 1. The van der Waals surface area contributed by atoms with Crippen LogP contribution in [-0.2, 0) is 16.0 Å². The minimum Gasteiger partial charge on any atom is -0.383 e. The zero-order valence-electron chi connectivity index (χ0n) is 17.6. The van der Waals surface area contributed by atoms with Crippen LogP contribution in [0, 0.1) is 12.8 Å². The van der Waals surface area contributed by atoms with Crippen LogP contribution in [0.5, 0.6) is 0 Å². The van der Waals surface area contributed by atoms with Crippen molar-refractivity contribution in [2.75, 3.05) is 51.3 Å². The molecule has 1 aromatic heterocycles. The lowest BCUT2D eigenvalue weighted by atomic mass is 9.93. The van der Waals surface area contributed by atoms with Gasteiger partial charge >= 0.3 is 0 Å². The molecule has 1 amide bonds. The van der Waals surface area contributed by atoms with E-state index in [1.165, 1.54) is 5.56 Å². The number of hydrogen-bond acceptors (Lipinski definition) is 6. The summed E-state index contributed by atoms with van der Waals surface area (Å²) < 4.78 is 5.03. The Kier molecular flexibility index (Phi) is 7.62. The molecule has 3 rings (SSSR count). The predicted molar refractivity (Wildman–Crippen MR) is 111 cm³/mol. The average Bonchev–Trinajstić information content (AvgIpc) is 2.74. The Morgan fingerprint density at radius 1 is 1.29 bits per heavy atom. The van der Waals surface area contributed by atoms with E-state index in [9.17, 15) is 4.79 Å². The van der Waals surface area contributed by atoms with Gasteiger partial charge in [0.15, 0.2) is 0 Å². The Morgan fingerprint density at radius 2 is 2.07 bits per heavy atom. The number of carbonyl (C=O) groups is 1. The molecule has 1 atom stereocenters. The molecule has 3 heterocycles. The number of methoxy groups -OCH3 is 1. The summed E-state index contributed by atoms with van der Waals surface area (Å²) in [6.07, 6.45) is 7.29. The summed E-state index contributed by atoms with van der Waals surface area (Å²) in [4.78, 5) is 26.5. The molecule has 0 bridgehead atoms. The molecule has 1 aromatic rings. The van der Waals surface area contributed by atoms with Gasteiger partial charge in [0.1, 0.15) is 11.6 Å². The van der Waals surface area contributed by atoms with Crippen LogP contribution in [0.2, 0.25) is 0 Å². The molecule has 1 N–H and O–H groups in total. The number of nitrogens with one attached hydrogen (secondary N) is 1. The Hall–Kier alpha value is -1.73. The van der Waals surface area contributed by atoms with Crippen molar-refractivity contribution in [1.29, 1.82) is 0 Å². The molecule has 28 heavy (non-hydrogen) atoms. The molecule has 0 aromatic carbocycles. The number of nitrogens with zero attached hydrogens (tertiary/aromatic N) is 4. The quantitative estimate of drug-likeness (QED) is 0.717. The van der Waals surface area contributed by atoms with Crippen LogP contribution >= 0.6 is 0 Å². The van der Waals surface area contributed by atoms with Crippen LogP contribution in [-0.4, -0.2) is 73.3 Å². The highest BCUT2D eigenvalue weighted by atomic mass is 16.5. The third kappa shape index (κ3) is 5.20. The number of aromatic nitrogens is 2. The molecule has 0 radical (unpaired) electrons. The van der Waals surface area contributed by atoms with Crippen LogP contribution in [0.3, 0.4) is 0 Å². The molecule has 0 spiro atoms. The highest BCUT2D eigenvalue weighted by Crippen LogP contribution is 2.27. The standard InChI is InChI=1S/C21H35N5O2/c1-4-17-14-23-16(2)24-20(17)25-11-7-19(8-12-25)26-10-5-6-18(15-26)21(27)22-9-13-28-3/h14,18-19H,4-13,15H2,1-3H3,(H,22,27)/t18-/m0/s1. The van der Waals surface area contributed by atoms with Crippen LogP contribution in [0.25, 0.3) is 0 Å². The molecule has 2 saturated heterocycles. The predicted octanol–water partition coefficient (Wildman–Crippen LogP) is 1.79. The molecule has 0 saturated carbocycles. The van der Waals surface area contributed by atoms with Crippen molar-refractivity contribution in [2.24, 2.45) is 5.92 Å². The van der Waals surface area contributed by atoms with E-state index >= 15 is 0 Å². The number of rotatable bonds is 7. The van der Waals surface area contributed by atoms with E-state index < -0.39 is 0 Å². The zero-order valence-corrected chi connectivity index (χ0v) is 17.6. The summed E-state index contributed by atoms with van der Waals surface area (Å²) in [7, 11) is 1.66. The molecule has 7 heteroatoms. The Labute approximate surface area is 168 Å². The van der Waals surface area contributed by atoms with E-state index in [0.717, 1.165) is 69.9 Å². The van der Waals surface area contributed by atoms with E-state index in [2.05, 4.69) is 27.0 Å². The maximum Gasteiger partial charge on any atom is 0.224 e. The second-order valence-electron chi connectivity index (χ2n) is 7.96. The van der Waals surface area contributed by atoms with E-state index in [-0.39, 0.29) is 11.8 Å². The molecule has 0 aliphatic carbocycles. The van der Waals surface area contributed by atoms with Gasteiger partial charge in [-0.2, -0.15) is 0 Å². The fourth-order valence-corrected chi connectivity index (χ4v) is 4.42. The van der Waals surface area contributed by atoms with Crippen molar-refractivity contribution in [2.45, 2.75) is 52.0 Å². The largest absolute Gasteiger partial charge is 0.383 e. The molecular formula is C21H35N5O2. The zero-order chi connectivity index (χ0) is 19.9. The summed E-state index contributed by atoms with van der Waals surface area (Å²) in [5.74, 6) is 2.25. The van der Waals surface area contributed by atoms with Gasteiger partial charge in [-0.1, -0.05) is 6.92 Å². The monoisotopic (exact) mass is 389 g/mol. The van der Waals surface area contributed by atoms with Gasteiger partial charge in [-0.05, 0) is 45.6 Å². The number of ether oxygens (including phenoxy) is 1. The Morgan fingerprint density at radius 3 is 2.79 bits per heavy atom. The first-order valence-corrected chi connectivity index (χ1v) is 10.7. The van der Waals surface area contributed by atoms with Crippen LogP contribution in [0.15, 0.2) is 6.20 Å². The maximum absolute atomic E-state index is 12.4. The SMILES string of the molecule is CCc1cnc(C)nc1N1CCC(N2CCC[C@H](C(=O)NCCOC)C2)CC1. The van der Waals surface area contributed by atoms with Gasteiger partial charge < -0.3 is 15.0 Å². The van der Waals surface area contributed by atoms with Crippen molar-refractivity contribution in [3.05, 3.63) is 17.6 Å². The number of amides is 1. The van der Waals surface area contributed by atoms with Crippen molar-refractivity contribution < 1.29 is 9.53 Å². The highest BCUT2D eigenvalue weighted by molar-refractivity contribution is 5.78. The van der Waals surface area contributed by atoms with Crippen molar-refractivity contribution in [1.82, 2.24) is 20.2 Å². The lowest BCUT2D eigenvalue weighted by Gasteiger charge is -2.42. The van der Waals surface area contributed by atoms with Crippen molar-refractivity contribution in [3.63, 3.8) is 0 Å². The summed E-state index contributed by atoms with van der Waals surface area (Å²) in [5.41, 5.74) is 1.23. The first kappa shape index (κ1) is 21.0. The van der Waals surface area contributed by atoms with Gasteiger partial charge in [0, 0.05) is 51.1 Å². The van der Waals surface area contributed by atoms with Crippen LogP contribution in [0.1, 0.15) is 44.0 Å². The van der Waals surface area contributed by atoms with Gasteiger partial charge in [-0.3, -0.25) is 9.69 Å². The lowest BCUT2D eigenvalue weighted by molar-refractivity contribution is -0.127. The third-order valence-electron chi connectivity index (χ3n) is 6.05. The summed E-state index contributed by atoms with van der Waals surface area (Å²) in [6, 6.07) is 0.568. The topological polar surface area (TPSA) is 70.6 Å². The molecule has 2 aliphatic heterocycles. The second kappa shape index (κ2) is 10.2. The maximum atomic E-state index is 12.4. The molecule has 2 aliphatic rings. The van der Waals surface area contributed by atoms with Crippen molar-refractivity contribution >= 4 is 11.7 Å². The van der Waals surface area contributed by atoms with E-state index in [4.69, 9.17) is 9.72 Å². The lowest BCUT2D eigenvalue weighted by Crippen LogP contribution is -2.51. The van der Waals surface area contributed by atoms with Crippen LogP contribution < -0.4 is 10.2 Å². The average molecular weight is 390 g/mol. The smallest absolute Gasteiger partial charge is 0.224 e. The number of piperidine rings is 2. The van der Waals surface area contributed by atoms with E-state index in [1.807, 2.05) is 13.1 Å². The number of anilines is 1. The fraction of sp³-hybridized carbons (Fsp3) is 0.762. The van der Waals surface area contributed by atoms with Gasteiger partial charge in [0.05, 0.1) is 12.5 Å². The fourth-order valence-electron chi connectivity index (χ4n) is 4.42. The minimum absolute atomic E-state index is 0.111. The van der Waals surface area contributed by atoms with Gasteiger partial charge in [-0.25, -0.2) is 9.97 Å².